The minimum Gasteiger partial charge on any atom is -0.329 e. The van der Waals surface area contributed by atoms with Crippen LogP contribution in [-0.4, -0.2) is 18.6 Å². The summed E-state index contributed by atoms with van der Waals surface area (Å²) in [5.74, 6) is 1.72. The summed E-state index contributed by atoms with van der Waals surface area (Å²) >= 11 is 0. The molecule has 0 aromatic carbocycles. The van der Waals surface area contributed by atoms with E-state index in [0.29, 0.717) is 0 Å². The highest BCUT2D eigenvalue weighted by Gasteiger charge is 2.33. The smallest absolute Gasteiger partial charge is 0.0307 e. The monoisotopic (exact) mass is 210 g/mol. The average Bonchev–Trinajstić information content (AvgIpc) is 2.27. The van der Waals surface area contributed by atoms with Crippen LogP contribution >= 0.6 is 0 Å². The molecule has 1 fully saturated rings. The summed E-state index contributed by atoms with van der Waals surface area (Å²) in [6.45, 7) is 10.0. The van der Waals surface area contributed by atoms with E-state index in [-0.39, 0.29) is 5.54 Å². The Balaban J connectivity index is 2.46. The fourth-order valence-electron chi connectivity index (χ4n) is 2.60. The number of rotatable bonds is 5. The molecular formula is C13H26N2. The van der Waals surface area contributed by atoms with E-state index >= 15 is 0 Å². The Hall–Kier alpha value is -0.340. The van der Waals surface area contributed by atoms with E-state index in [9.17, 15) is 0 Å². The third kappa shape index (κ3) is 3.32. The van der Waals surface area contributed by atoms with Crippen molar-refractivity contribution in [2.24, 2.45) is 17.6 Å². The summed E-state index contributed by atoms with van der Waals surface area (Å²) < 4.78 is 0. The van der Waals surface area contributed by atoms with Crippen LogP contribution in [0.4, 0.5) is 0 Å². The summed E-state index contributed by atoms with van der Waals surface area (Å²) in [4.78, 5) is 0. The molecule has 0 spiro atoms. The van der Waals surface area contributed by atoms with Gasteiger partial charge in [0, 0.05) is 18.6 Å². The van der Waals surface area contributed by atoms with E-state index in [0.717, 1.165) is 24.9 Å². The zero-order chi connectivity index (χ0) is 11.3. The zero-order valence-electron chi connectivity index (χ0n) is 10.3. The van der Waals surface area contributed by atoms with Crippen molar-refractivity contribution < 1.29 is 0 Å². The van der Waals surface area contributed by atoms with Crippen molar-refractivity contribution in [1.82, 2.24) is 5.32 Å². The Bertz CT molecular complexity index is 191. The predicted octanol–water partition coefficient (Wildman–Crippen LogP) is 2.31. The summed E-state index contributed by atoms with van der Waals surface area (Å²) in [6, 6.07) is 0. The van der Waals surface area contributed by atoms with Gasteiger partial charge < -0.3 is 11.1 Å². The Morgan fingerprint density at radius 3 is 2.47 bits per heavy atom. The maximum Gasteiger partial charge on any atom is 0.0307 e. The Morgan fingerprint density at radius 2 is 2.07 bits per heavy atom. The molecule has 15 heavy (non-hydrogen) atoms. The Labute approximate surface area is 94.3 Å². The molecule has 1 aliphatic carbocycles. The van der Waals surface area contributed by atoms with Gasteiger partial charge in [-0.25, -0.2) is 0 Å². The molecule has 0 atom stereocenters. The minimum atomic E-state index is 0.194. The summed E-state index contributed by atoms with van der Waals surface area (Å²) in [6.07, 6.45) is 7.00. The summed E-state index contributed by atoms with van der Waals surface area (Å²) in [5.41, 5.74) is 6.10. The van der Waals surface area contributed by atoms with Crippen LogP contribution in [0.25, 0.3) is 0 Å². The molecule has 0 saturated heterocycles. The van der Waals surface area contributed by atoms with Gasteiger partial charge in [0.1, 0.15) is 0 Å². The van der Waals surface area contributed by atoms with Gasteiger partial charge in [0.2, 0.25) is 0 Å². The lowest BCUT2D eigenvalue weighted by molar-refractivity contribution is 0.170. The second-order valence-electron chi connectivity index (χ2n) is 5.24. The van der Waals surface area contributed by atoms with Crippen LogP contribution in [0.1, 0.15) is 39.5 Å². The molecule has 0 aliphatic heterocycles. The molecular weight excluding hydrogens is 184 g/mol. The number of nitrogens with two attached hydrogens (primary N) is 1. The highest BCUT2D eigenvalue weighted by Crippen LogP contribution is 2.35. The molecule has 0 bridgehead atoms. The maximum atomic E-state index is 5.90. The van der Waals surface area contributed by atoms with Gasteiger partial charge in [0.15, 0.2) is 0 Å². The number of hydrogen-bond acceptors (Lipinski definition) is 2. The van der Waals surface area contributed by atoms with Crippen LogP contribution in [0.5, 0.6) is 0 Å². The molecule has 0 heterocycles. The molecule has 0 unspecified atom stereocenters. The molecule has 1 aliphatic rings. The third-order valence-electron chi connectivity index (χ3n) is 3.94. The van der Waals surface area contributed by atoms with Crippen molar-refractivity contribution in [3.05, 3.63) is 12.7 Å². The average molecular weight is 210 g/mol. The van der Waals surface area contributed by atoms with Gasteiger partial charge >= 0.3 is 0 Å². The SMILES string of the molecule is C=CCNC1(CN)CCC(C(C)C)CC1. The molecule has 0 amide bonds. The summed E-state index contributed by atoms with van der Waals surface area (Å²) in [7, 11) is 0. The molecule has 3 N–H and O–H groups in total. The first-order chi connectivity index (χ1) is 7.13. The van der Waals surface area contributed by atoms with Gasteiger partial charge in [-0.3, -0.25) is 0 Å². The molecule has 0 radical (unpaired) electrons. The van der Waals surface area contributed by atoms with Crippen molar-refractivity contribution in [1.29, 1.82) is 0 Å². The first-order valence-corrected chi connectivity index (χ1v) is 6.19. The molecule has 2 heteroatoms. The largest absolute Gasteiger partial charge is 0.329 e. The fraction of sp³-hybridized carbons (Fsp3) is 0.846. The number of nitrogens with one attached hydrogen (secondary N) is 1. The van der Waals surface area contributed by atoms with E-state index in [4.69, 9.17) is 5.73 Å². The Morgan fingerprint density at radius 1 is 1.47 bits per heavy atom. The van der Waals surface area contributed by atoms with Gasteiger partial charge in [-0.15, -0.1) is 6.58 Å². The van der Waals surface area contributed by atoms with Crippen LogP contribution in [0, 0.1) is 11.8 Å². The van der Waals surface area contributed by atoms with Crippen LogP contribution in [0.15, 0.2) is 12.7 Å². The van der Waals surface area contributed by atoms with E-state index in [1.165, 1.54) is 25.7 Å². The lowest BCUT2D eigenvalue weighted by atomic mass is 9.73. The van der Waals surface area contributed by atoms with Crippen LogP contribution in [0.3, 0.4) is 0 Å². The van der Waals surface area contributed by atoms with E-state index < -0.39 is 0 Å². The third-order valence-corrected chi connectivity index (χ3v) is 3.94. The second kappa shape index (κ2) is 5.66. The van der Waals surface area contributed by atoms with Crippen molar-refractivity contribution in [3.8, 4) is 0 Å². The molecule has 2 nitrogen and oxygen atoms in total. The van der Waals surface area contributed by atoms with E-state index in [1.807, 2.05) is 6.08 Å². The van der Waals surface area contributed by atoms with Crippen molar-refractivity contribution in [2.75, 3.05) is 13.1 Å². The van der Waals surface area contributed by atoms with Crippen LogP contribution < -0.4 is 11.1 Å². The molecule has 1 saturated carbocycles. The molecule has 88 valence electrons. The summed E-state index contributed by atoms with van der Waals surface area (Å²) in [5, 5.41) is 3.55. The highest BCUT2D eigenvalue weighted by atomic mass is 15.0. The van der Waals surface area contributed by atoms with Crippen LogP contribution in [0.2, 0.25) is 0 Å². The molecule has 0 aromatic rings. The topological polar surface area (TPSA) is 38.0 Å². The van der Waals surface area contributed by atoms with E-state index in [1.54, 1.807) is 0 Å². The lowest BCUT2D eigenvalue weighted by Gasteiger charge is -2.41. The van der Waals surface area contributed by atoms with Gasteiger partial charge in [0.25, 0.3) is 0 Å². The van der Waals surface area contributed by atoms with Gasteiger partial charge in [-0.2, -0.15) is 0 Å². The van der Waals surface area contributed by atoms with Crippen molar-refractivity contribution in [2.45, 2.75) is 45.1 Å². The number of hydrogen-bond donors (Lipinski definition) is 2. The molecule has 1 rings (SSSR count). The first-order valence-electron chi connectivity index (χ1n) is 6.19. The van der Waals surface area contributed by atoms with Gasteiger partial charge in [-0.05, 0) is 37.5 Å². The van der Waals surface area contributed by atoms with Crippen molar-refractivity contribution in [3.63, 3.8) is 0 Å². The Kier molecular flexibility index (Phi) is 4.81. The maximum absolute atomic E-state index is 5.90. The second-order valence-corrected chi connectivity index (χ2v) is 5.24. The van der Waals surface area contributed by atoms with Crippen LogP contribution in [-0.2, 0) is 0 Å². The zero-order valence-corrected chi connectivity index (χ0v) is 10.3. The quantitative estimate of drug-likeness (QED) is 0.683. The first kappa shape index (κ1) is 12.7. The minimum absolute atomic E-state index is 0.194. The standard InChI is InChI=1S/C13H26N2/c1-4-9-15-13(10-14)7-5-12(6-8-13)11(2)3/h4,11-12,15H,1,5-10,14H2,2-3H3. The lowest BCUT2D eigenvalue weighted by Crippen LogP contribution is -2.53. The molecule has 0 aromatic heterocycles. The van der Waals surface area contributed by atoms with Gasteiger partial charge in [-0.1, -0.05) is 19.9 Å². The van der Waals surface area contributed by atoms with E-state index in [2.05, 4.69) is 25.7 Å². The predicted molar refractivity (Wildman–Crippen MR) is 66.8 cm³/mol. The van der Waals surface area contributed by atoms with Gasteiger partial charge in [0.05, 0.1) is 0 Å². The van der Waals surface area contributed by atoms with Crippen molar-refractivity contribution >= 4 is 0 Å². The normalized spacial score (nSPS) is 31.9. The highest BCUT2D eigenvalue weighted by molar-refractivity contribution is 4.95. The fourth-order valence-corrected chi connectivity index (χ4v) is 2.60.